The van der Waals surface area contributed by atoms with Crippen LogP contribution in [0.25, 0.3) is 0 Å². The summed E-state index contributed by atoms with van der Waals surface area (Å²) in [4.78, 5) is 14.8. The minimum absolute atomic E-state index is 0.0245. The molecule has 0 saturated carbocycles. The van der Waals surface area contributed by atoms with E-state index in [0.717, 1.165) is 0 Å². The number of aromatic carboxylic acids is 1. The number of methoxy groups -OCH3 is 1. The van der Waals surface area contributed by atoms with E-state index >= 15 is 0 Å². The van der Waals surface area contributed by atoms with Gasteiger partial charge < -0.3 is 19.3 Å². The van der Waals surface area contributed by atoms with Crippen molar-refractivity contribution in [2.75, 3.05) is 25.7 Å². The lowest BCUT2D eigenvalue weighted by molar-refractivity contribution is 0.0691. The van der Waals surface area contributed by atoms with Gasteiger partial charge in [-0.2, -0.15) is 5.10 Å². The molecule has 0 radical (unpaired) electrons. The van der Waals surface area contributed by atoms with Crippen LogP contribution in [0.2, 0.25) is 15.2 Å². The Morgan fingerprint density at radius 2 is 2.04 bits per heavy atom. The molecule has 0 aliphatic carbocycles. The summed E-state index contributed by atoms with van der Waals surface area (Å²) >= 11 is 17.9. The number of anilines is 1. The van der Waals surface area contributed by atoms with Crippen molar-refractivity contribution in [2.45, 2.75) is 0 Å². The number of nitrogens with one attached hydrogen (secondary N) is 1. The van der Waals surface area contributed by atoms with Crippen molar-refractivity contribution >= 4 is 52.7 Å². The zero-order valence-corrected chi connectivity index (χ0v) is 16.0. The van der Waals surface area contributed by atoms with E-state index in [-0.39, 0.29) is 20.9 Å². The normalized spacial score (nSPS) is 12.9. The number of ether oxygens (including phenoxy) is 3. The van der Waals surface area contributed by atoms with E-state index in [2.05, 4.69) is 15.5 Å². The number of halogens is 3. The highest BCUT2D eigenvalue weighted by Crippen LogP contribution is 2.40. The van der Waals surface area contributed by atoms with Gasteiger partial charge in [-0.25, -0.2) is 9.78 Å². The molecule has 0 saturated heterocycles. The van der Waals surface area contributed by atoms with Gasteiger partial charge in [0, 0.05) is 5.56 Å². The average Bonchev–Trinajstić information content (AvgIpc) is 2.66. The second kappa shape index (κ2) is 8.08. The van der Waals surface area contributed by atoms with Gasteiger partial charge in [-0.05, 0) is 12.1 Å². The zero-order valence-electron chi connectivity index (χ0n) is 13.8. The third kappa shape index (κ3) is 3.97. The van der Waals surface area contributed by atoms with Gasteiger partial charge in [-0.15, -0.1) is 0 Å². The molecule has 0 fully saturated rings. The largest absolute Gasteiger partial charge is 0.493 e. The van der Waals surface area contributed by atoms with Crippen LogP contribution in [0.1, 0.15) is 16.1 Å². The Morgan fingerprint density at radius 3 is 2.74 bits per heavy atom. The van der Waals surface area contributed by atoms with Crippen molar-refractivity contribution in [3.8, 4) is 17.2 Å². The minimum Gasteiger partial charge on any atom is -0.493 e. The van der Waals surface area contributed by atoms with Crippen molar-refractivity contribution in [2.24, 2.45) is 5.10 Å². The molecule has 1 aliphatic heterocycles. The van der Waals surface area contributed by atoms with E-state index in [0.29, 0.717) is 36.0 Å². The van der Waals surface area contributed by atoms with Gasteiger partial charge in [-0.3, -0.25) is 5.43 Å². The van der Waals surface area contributed by atoms with Crippen molar-refractivity contribution in [3.05, 3.63) is 38.6 Å². The number of benzene rings is 1. The van der Waals surface area contributed by atoms with Crippen LogP contribution >= 0.6 is 34.8 Å². The zero-order chi connectivity index (χ0) is 19.6. The van der Waals surface area contributed by atoms with Crippen LogP contribution in [0, 0.1) is 0 Å². The van der Waals surface area contributed by atoms with Crippen molar-refractivity contribution < 1.29 is 24.1 Å². The van der Waals surface area contributed by atoms with E-state index in [1.165, 1.54) is 13.3 Å². The van der Waals surface area contributed by atoms with Gasteiger partial charge in [0.2, 0.25) is 5.75 Å². The fourth-order valence-corrected chi connectivity index (χ4v) is 2.96. The highest BCUT2D eigenvalue weighted by atomic mass is 35.5. The number of hydrogen-bond acceptors (Lipinski definition) is 7. The lowest BCUT2D eigenvalue weighted by atomic mass is 10.2. The van der Waals surface area contributed by atoms with Crippen molar-refractivity contribution in [1.82, 2.24) is 4.98 Å². The average molecular weight is 433 g/mol. The second-order valence-electron chi connectivity index (χ2n) is 5.18. The maximum Gasteiger partial charge on any atom is 0.356 e. The Balaban J connectivity index is 1.89. The fraction of sp³-hybridized carbons (Fsp3) is 0.188. The molecule has 0 atom stereocenters. The molecule has 2 heterocycles. The third-order valence-electron chi connectivity index (χ3n) is 3.48. The lowest BCUT2D eigenvalue weighted by Gasteiger charge is -2.20. The first kappa shape index (κ1) is 19.3. The van der Waals surface area contributed by atoms with Gasteiger partial charge in [0.15, 0.2) is 22.3 Å². The molecule has 0 amide bonds. The summed E-state index contributed by atoms with van der Waals surface area (Å²) in [5.74, 6) is 0.192. The summed E-state index contributed by atoms with van der Waals surface area (Å²) in [6, 6.07) is 3.41. The maximum atomic E-state index is 11.2. The summed E-state index contributed by atoms with van der Waals surface area (Å²) in [7, 11) is 1.51. The van der Waals surface area contributed by atoms with Gasteiger partial charge in [0.25, 0.3) is 0 Å². The SMILES string of the molecule is COc1cc(/C=N/Nc2c(Cl)c(Cl)nc(C(=O)O)c2Cl)cc2c1OCCO2. The highest BCUT2D eigenvalue weighted by Gasteiger charge is 2.21. The summed E-state index contributed by atoms with van der Waals surface area (Å²) in [5, 5.41) is 12.7. The summed E-state index contributed by atoms with van der Waals surface area (Å²) in [6.45, 7) is 0.859. The first-order chi connectivity index (χ1) is 12.9. The molecule has 1 aromatic carbocycles. The monoisotopic (exact) mass is 431 g/mol. The first-order valence-electron chi connectivity index (χ1n) is 7.47. The topological polar surface area (TPSA) is 102 Å². The number of hydrogen-bond donors (Lipinski definition) is 2. The molecular weight excluding hydrogens is 421 g/mol. The molecule has 8 nitrogen and oxygen atoms in total. The van der Waals surface area contributed by atoms with Crippen LogP contribution in [-0.4, -0.2) is 42.6 Å². The van der Waals surface area contributed by atoms with Crippen LogP contribution in [0.3, 0.4) is 0 Å². The van der Waals surface area contributed by atoms with E-state index in [1.807, 2.05) is 0 Å². The number of carbonyl (C=O) groups is 1. The van der Waals surface area contributed by atoms with Crippen molar-refractivity contribution in [1.29, 1.82) is 0 Å². The van der Waals surface area contributed by atoms with Crippen LogP contribution in [-0.2, 0) is 0 Å². The number of pyridine rings is 1. The van der Waals surface area contributed by atoms with Gasteiger partial charge >= 0.3 is 5.97 Å². The molecular formula is C16H12Cl3N3O5. The first-order valence-corrected chi connectivity index (χ1v) is 8.60. The number of carboxylic acids is 1. The van der Waals surface area contributed by atoms with Gasteiger partial charge in [0.05, 0.1) is 19.0 Å². The molecule has 27 heavy (non-hydrogen) atoms. The van der Waals surface area contributed by atoms with E-state index in [4.69, 9.17) is 54.1 Å². The maximum absolute atomic E-state index is 11.2. The quantitative estimate of drug-likeness (QED) is 0.419. The standard InChI is InChI=1S/C16H12Cl3N3O5/c1-25-8-4-7(5-9-14(8)27-3-2-26-9)6-20-22-12-10(17)13(16(23)24)21-15(19)11(12)18/h4-6H,2-3H2,1H3,(H,21,22)(H,23,24)/b20-6+. The smallest absolute Gasteiger partial charge is 0.356 e. The molecule has 1 aromatic heterocycles. The molecule has 2 aromatic rings. The predicted molar refractivity (Wildman–Crippen MR) is 101 cm³/mol. The molecule has 0 bridgehead atoms. The van der Waals surface area contributed by atoms with Gasteiger partial charge in [-0.1, -0.05) is 34.8 Å². The summed E-state index contributed by atoms with van der Waals surface area (Å²) in [5.41, 5.74) is 2.81. The molecule has 0 unspecified atom stereocenters. The Bertz CT molecular complexity index is 919. The second-order valence-corrected chi connectivity index (χ2v) is 6.29. The Hall–Kier alpha value is -2.42. The molecule has 0 spiro atoms. The van der Waals surface area contributed by atoms with Gasteiger partial charge in [0.1, 0.15) is 23.3 Å². The number of rotatable bonds is 5. The number of fused-ring (bicyclic) bond motifs is 1. The molecule has 2 N–H and O–H groups in total. The van der Waals surface area contributed by atoms with Crippen molar-refractivity contribution in [3.63, 3.8) is 0 Å². The Morgan fingerprint density at radius 1 is 1.30 bits per heavy atom. The lowest BCUT2D eigenvalue weighted by Crippen LogP contribution is -2.16. The fourth-order valence-electron chi connectivity index (χ4n) is 2.29. The van der Waals surface area contributed by atoms with E-state index in [9.17, 15) is 4.79 Å². The predicted octanol–water partition coefficient (Wildman–Crippen LogP) is 3.97. The number of aromatic nitrogens is 1. The highest BCUT2D eigenvalue weighted by molar-refractivity contribution is 6.46. The third-order valence-corrected chi connectivity index (χ3v) is 4.59. The Kier molecular flexibility index (Phi) is 5.79. The van der Waals surface area contributed by atoms with Crippen LogP contribution < -0.4 is 19.6 Å². The molecule has 1 aliphatic rings. The van der Waals surface area contributed by atoms with Crippen LogP contribution in [0.4, 0.5) is 5.69 Å². The van der Waals surface area contributed by atoms with E-state index < -0.39 is 11.7 Å². The summed E-state index contributed by atoms with van der Waals surface area (Å²) < 4.78 is 16.4. The van der Waals surface area contributed by atoms with E-state index in [1.54, 1.807) is 12.1 Å². The summed E-state index contributed by atoms with van der Waals surface area (Å²) in [6.07, 6.45) is 1.45. The number of nitrogens with zero attached hydrogens (tertiary/aromatic N) is 2. The van der Waals surface area contributed by atoms with Crippen LogP contribution in [0.15, 0.2) is 17.2 Å². The Labute approximate surface area is 168 Å². The minimum atomic E-state index is -1.35. The number of hydrazone groups is 1. The molecule has 3 rings (SSSR count). The van der Waals surface area contributed by atoms with Crippen LogP contribution in [0.5, 0.6) is 17.2 Å². The molecule has 11 heteroatoms. The number of carboxylic acid groups (broad SMARTS) is 1. The molecule has 142 valence electrons.